The van der Waals surface area contributed by atoms with E-state index in [4.69, 9.17) is 9.47 Å². The van der Waals surface area contributed by atoms with Crippen molar-refractivity contribution in [3.05, 3.63) is 0 Å². The maximum atomic E-state index is 11.4. The fourth-order valence-corrected chi connectivity index (χ4v) is 1.38. The molecule has 0 aliphatic rings. The average molecular weight is 288 g/mol. The van der Waals surface area contributed by atoms with Crippen LogP contribution < -0.4 is 10.6 Å². The normalized spacial score (nSPS) is 9.90. The van der Waals surface area contributed by atoms with Gasteiger partial charge in [0.1, 0.15) is 0 Å². The van der Waals surface area contributed by atoms with Crippen LogP contribution in [0.25, 0.3) is 0 Å². The molecule has 1 amide bonds. The summed E-state index contributed by atoms with van der Waals surface area (Å²) in [6, 6.07) is 0. The van der Waals surface area contributed by atoms with Crippen LogP contribution in [0, 0.1) is 0 Å². The summed E-state index contributed by atoms with van der Waals surface area (Å²) >= 11 is 0. The van der Waals surface area contributed by atoms with E-state index in [0.29, 0.717) is 39.1 Å². The smallest absolute Gasteiger partial charge is 0.307 e. The molecule has 0 aromatic rings. The lowest BCUT2D eigenvalue weighted by molar-refractivity contribution is -0.144. The highest BCUT2D eigenvalue weighted by molar-refractivity contribution is 5.78. The molecule has 0 saturated heterocycles. The van der Waals surface area contributed by atoms with Gasteiger partial charge in [-0.05, 0) is 20.3 Å². The Hall–Kier alpha value is -1.63. The maximum absolute atomic E-state index is 11.4. The zero-order valence-corrected chi connectivity index (χ0v) is 12.2. The second-order valence-corrected chi connectivity index (χ2v) is 3.99. The monoisotopic (exact) mass is 288 g/mol. The highest BCUT2D eigenvalue weighted by atomic mass is 16.5. The SMILES string of the molecule is CCOC(=O)CCCNC(=O)CNCCC(=O)OCC. The van der Waals surface area contributed by atoms with Gasteiger partial charge in [-0.1, -0.05) is 0 Å². The van der Waals surface area contributed by atoms with Crippen LogP contribution in [-0.2, 0) is 23.9 Å². The van der Waals surface area contributed by atoms with E-state index >= 15 is 0 Å². The molecule has 0 bridgehead atoms. The van der Waals surface area contributed by atoms with E-state index in [1.807, 2.05) is 0 Å². The third-order valence-electron chi connectivity index (χ3n) is 2.28. The summed E-state index contributed by atoms with van der Waals surface area (Å²) in [5.41, 5.74) is 0. The first-order chi connectivity index (χ1) is 9.60. The fraction of sp³-hybridized carbons (Fsp3) is 0.769. The third kappa shape index (κ3) is 11.5. The second kappa shape index (κ2) is 12.4. The van der Waals surface area contributed by atoms with Gasteiger partial charge in [0.15, 0.2) is 0 Å². The Morgan fingerprint density at radius 3 is 2.10 bits per heavy atom. The fourth-order valence-electron chi connectivity index (χ4n) is 1.38. The van der Waals surface area contributed by atoms with Crippen LogP contribution in [0.2, 0.25) is 0 Å². The molecule has 0 aromatic heterocycles. The number of ether oxygens (including phenoxy) is 2. The van der Waals surface area contributed by atoms with Crippen molar-refractivity contribution in [3.8, 4) is 0 Å². The van der Waals surface area contributed by atoms with Gasteiger partial charge in [-0.25, -0.2) is 0 Å². The summed E-state index contributed by atoms with van der Waals surface area (Å²) in [5, 5.41) is 5.51. The van der Waals surface area contributed by atoms with Crippen molar-refractivity contribution in [2.45, 2.75) is 33.1 Å². The number of nitrogens with one attached hydrogen (secondary N) is 2. The molecular weight excluding hydrogens is 264 g/mol. The molecule has 116 valence electrons. The summed E-state index contributed by atoms with van der Waals surface area (Å²) in [5.74, 6) is -0.707. The highest BCUT2D eigenvalue weighted by Crippen LogP contribution is 1.91. The number of carbonyl (C=O) groups is 3. The molecule has 0 spiro atoms. The van der Waals surface area contributed by atoms with Crippen molar-refractivity contribution in [2.24, 2.45) is 0 Å². The van der Waals surface area contributed by atoms with Gasteiger partial charge in [0, 0.05) is 19.5 Å². The molecule has 7 heteroatoms. The van der Waals surface area contributed by atoms with Crippen molar-refractivity contribution in [1.29, 1.82) is 0 Å². The van der Waals surface area contributed by atoms with Crippen molar-refractivity contribution < 1.29 is 23.9 Å². The lowest BCUT2D eigenvalue weighted by atomic mass is 10.3. The van der Waals surface area contributed by atoms with Gasteiger partial charge in [0.2, 0.25) is 5.91 Å². The number of rotatable bonds is 11. The molecule has 20 heavy (non-hydrogen) atoms. The van der Waals surface area contributed by atoms with Gasteiger partial charge in [0.05, 0.1) is 26.2 Å². The average Bonchev–Trinajstić information content (AvgIpc) is 2.40. The molecule has 0 fully saturated rings. The highest BCUT2D eigenvalue weighted by Gasteiger charge is 2.04. The minimum atomic E-state index is -0.283. The van der Waals surface area contributed by atoms with Crippen LogP contribution >= 0.6 is 0 Å². The number of carbonyl (C=O) groups excluding carboxylic acids is 3. The first-order valence-electron chi connectivity index (χ1n) is 6.88. The second-order valence-electron chi connectivity index (χ2n) is 3.99. The summed E-state index contributed by atoms with van der Waals surface area (Å²) < 4.78 is 9.51. The molecule has 0 atom stereocenters. The largest absolute Gasteiger partial charge is 0.466 e. The van der Waals surface area contributed by atoms with Crippen LogP contribution in [0.5, 0.6) is 0 Å². The molecular formula is C13H24N2O5. The number of esters is 2. The van der Waals surface area contributed by atoms with E-state index in [2.05, 4.69) is 10.6 Å². The van der Waals surface area contributed by atoms with Crippen LogP contribution in [0.3, 0.4) is 0 Å². The lowest BCUT2D eigenvalue weighted by Gasteiger charge is -2.06. The van der Waals surface area contributed by atoms with Crippen LogP contribution in [-0.4, -0.2) is 50.7 Å². The van der Waals surface area contributed by atoms with Gasteiger partial charge in [0.25, 0.3) is 0 Å². The summed E-state index contributed by atoms with van der Waals surface area (Å²) in [6.07, 6.45) is 1.09. The Morgan fingerprint density at radius 2 is 1.50 bits per heavy atom. The van der Waals surface area contributed by atoms with Gasteiger partial charge in [-0.3, -0.25) is 14.4 Å². The van der Waals surface area contributed by atoms with E-state index in [-0.39, 0.29) is 30.8 Å². The van der Waals surface area contributed by atoms with Crippen LogP contribution in [0.1, 0.15) is 33.1 Å². The Morgan fingerprint density at radius 1 is 0.900 bits per heavy atom. The third-order valence-corrected chi connectivity index (χ3v) is 2.28. The Labute approximate surface area is 119 Å². The zero-order chi connectivity index (χ0) is 15.2. The van der Waals surface area contributed by atoms with Gasteiger partial charge in [-0.2, -0.15) is 0 Å². The summed E-state index contributed by atoms with van der Waals surface area (Å²) in [7, 11) is 0. The molecule has 0 rings (SSSR count). The predicted molar refractivity (Wildman–Crippen MR) is 73.0 cm³/mol. The van der Waals surface area contributed by atoms with Crippen LogP contribution in [0.15, 0.2) is 0 Å². The molecule has 0 aliphatic heterocycles. The predicted octanol–water partition coefficient (Wildman–Crippen LogP) is -0.0113. The first-order valence-corrected chi connectivity index (χ1v) is 6.88. The Bertz CT molecular complexity index is 279. The molecule has 7 nitrogen and oxygen atoms in total. The van der Waals surface area contributed by atoms with Crippen molar-refractivity contribution in [2.75, 3.05) is 32.8 Å². The molecule has 0 saturated carbocycles. The standard InChI is InChI=1S/C13H24N2O5/c1-3-19-12(17)6-5-8-15-11(16)10-14-9-7-13(18)20-4-2/h14H,3-10H2,1-2H3,(H,15,16). The quantitative estimate of drug-likeness (QED) is 0.410. The number of hydrogen-bond donors (Lipinski definition) is 2. The van der Waals surface area contributed by atoms with E-state index in [1.165, 1.54) is 0 Å². The van der Waals surface area contributed by atoms with E-state index in [9.17, 15) is 14.4 Å². The van der Waals surface area contributed by atoms with E-state index in [0.717, 1.165) is 0 Å². The molecule has 0 unspecified atom stereocenters. The van der Waals surface area contributed by atoms with Gasteiger partial charge < -0.3 is 20.1 Å². The Kier molecular flexibility index (Phi) is 11.4. The molecule has 0 aliphatic carbocycles. The van der Waals surface area contributed by atoms with E-state index < -0.39 is 0 Å². The minimum Gasteiger partial charge on any atom is -0.466 e. The summed E-state index contributed by atoms with van der Waals surface area (Å²) in [6.45, 7) is 5.19. The van der Waals surface area contributed by atoms with Crippen molar-refractivity contribution in [1.82, 2.24) is 10.6 Å². The van der Waals surface area contributed by atoms with Gasteiger partial charge >= 0.3 is 11.9 Å². The Balaban J connectivity index is 3.41. The molecule has 0 heterocycles. The minimum absolute atomic E-state index is 0.138. The lowest BCUT2D eigenvalue weighted by Crippen LogP contribution is -2.35. The topological polar surface area (TPSA) is 93.7 Å². The maximum Gasteiger partial charge on any atom is 0.307 e. The molecule has 2 N–H and O–H groups in total. The van der Waals surface area contributed by atoms with Crippen molar-refractivity contribution >= 4 is 17.8 Å². The number of amides is 1. The summed E-state index contributed by atoms with van der Waals surface area (Å²) in [4.78, 5) is 33.4. The molecule has 0 radical (unpaired) electrons. The van der Waals surface area contributed by atoms with Gasteiger partial charge in [-0.15, -0.1) is 0 Å². The van der Waals surface area contributed by atoms with Crippen LogP contribution in [0.4, 0.5) is 0 Å². The molecule has 0 aromatic carbocycles. The first kappa shape index (κ1) is 18.4. The van der Waals surface area contributed by atoms with E-state index in [1.54, 1.807) is 13.8 Å². The number of hydrogen-bond acceptors (Lipinski definition) is 6. The zero-order valence-electron chi connectivity index (χ0n) is 12.2. The van der Waals surface area contributed by atoms with Crippen molar-refractivity contribution in [3.63, 3.8) is 0 Å².